The zero-order valence-corrected chi connectivity index (χ0v) is 14.0. The molecule has 21 heavy (non-hydrogen) atoms. The maximum Gasteiger partial charge on any atom is 0.220 e. The molecule has 1 aliphatic heterocycles. The molecule has 0 aromatic carbocycles. The first-order valence-corrected chi connectivity index (χ1v) is 9.49. The minimum atomic E-state index is -3.10. The summed E-state index contributed by atoms with van der Waals surface area (Å²) in [6.45, 7) is 4.82. The van der Waals surface area contributed by atoms with Gasteiger partial charge in [-0.1, -0.05) is 6.92 Å². The molecule has 1 unspecified atom stereocenters. The lowest BCUT2D eigenvalue weighted by Gasteiger charge is -2.31. The summed E-state index contributed by atoms with van der Waals surface area (Å²) in [7, 11) is -3.10. The van der Waals surface area contributed by atoms with E-state index in [0.29, 0.717) is 38.8 Å². The van der Waals surface area contributed by atoms with Gasteiger partial charge in [-0.25, -0.2) is 12.7 Å². The number of hydrogen-bond acceptors (Lipinski definition) is 4. The lowest BCUT2D eigenvalue weighted by Crippen LogP contribution is -2.47. The minimum absolute atomic E-state index is 0.0468. The van der Waals surface area contributed by atoms with E-state index in [9.17, 15) is 13.2 Å². The molecule has 1 rings (SSSR count). The van der Waals surface area contributed by atoms with Gasteiger partial charge < -0.3 is 11.1 Å². The van der Waals surface area contributed by atoms with Crippen molar-refractivity contribution in [2.45, 2.75) is 64.5 Å². The number of hydrogen-bond donors (Lipinski definition) is 2. The van der Waals surface area contributed by atoms with E-state index in [4.69, 9.17) is 5.73 Å². The Morgan fingerprint density at radius 3 is 2.52 bits per heavy atom. The van der Waals surface area contributed by atoms with Gasteiger partial charge in [0, 0.05) is 31.6 Å². The fraction of sp³-hybridized carbons (Fsp3) is 0.929. The summed E-state index contributed by atoms with van der Waals surface area (Å²) >= 11 is 0. The van der Waals surface area contributed by atoms with Crippen molar-refractivity contribution in [1.82, 2.24) is 9.62 Å². The Kier molecular flexibility index (Phi) is 7.62. The monoisotopic (exact) mass is 319 g/mol. The summed E-state index contributed by atoms with van der Waals surface area (Å²) in [4.78, 5) is 11.8. The van der Waals surface area contributed by atoms with E-state index in [1.165, 1.54) is 0 Å². The highest BCUT2D eigenvalue weighted by atomic mass is 32.2. The number of nitrogens with one attached hydrogen (secondary N) is 1. The van der Waals surface area contributed by atoms with E-state index in [1.807, 2.05) is 13.8 Å². The van der Waals surface area contributed by atoms with Crippen LogP contribution in [0.25, 0.3) is 0 Å². The molecule has 0 saturated carbocycles. The molecule has 1 heterocycles. The molecule has 6 nitrogen and oxygen atoms in total. The van der Waals surface area contributed by atoms with Crippen LogP contribution in [-0.2, 0) is 14.8 Å². The van der Waals surface area contributed by atoms with Crippen molar-refractivity contribution in [2.75, 3.05) is 18.8 Å². The molecule has 1 aliphatic rings. The van der Waals surface area contributed by atoms with Gasteiger partial charge in [-0.05, 0) is 39.0 Å². The fourth-order valence-electron chi connectivity index (χ4n) is 2.55. The molecule has 1 amide bonds. The summed E-state index contributed by atoms with van der Waals surface area (Å²) < 4.78 is 25.4. The molecule has 1 atom stereocenters. The van der Waals surface area contributed by atoms with Crippen LogP contribution in [-0.4, -0.2) is 49.6 Å². The van der Waals surface area contributed by atoms with Crippen LogP contribution in [0.2, 0.25) is 0 Å². The van der Waals surface area contributed by atoms with Gasteiger partial charge in [0.05, 0.1) is 5.75 Å². The van der Waals surface area contributed by atoms with Crippen molar-refractivity contribution < 1.29 is 13.2 Å². The lowest BCUT2D eigenvalue weighted by molar-refractivity contribution is -0.122. The molecule has 7 heteroatoms. The van der Waals surface area contributed by atoms with Crippen molar-refractivity contribution in [3.05, 3.63) is 0 Å². The van der Waals surface area contributed by atoms with E-state index in [0.717, 1.165) is 12.8 Å². The third-order valence-corrected chi connectivity index (χ3v) is 5.81. The molecule has 0 aliphatic carbocycles. The average Bonchev–Trinajstić information content (AvgIpc) is 2.38. The van der Waals surface area contributed by atoms with Crippen LogP contribution in [0.5, 0.6) is 0 Å². The Hall–Kier alpha value is -0.660. The highest BCUT2D eigenvalue weighted by Crippen LogP contribution is 2.15. The van der Waals surface area contributed by atoms with Crippen molar-refractivity contribution in [3.8, 4) is 0 Å². The maximum absolute atomic E-state index is 11.9. The highest BCUT2D eigenvalue weighted by molar-refractivity contribution is 7.89. The third kappa shape index (κ3) is 6.76. The van der Waals surface area contributed by atoms with Crippen molar-refractivity contribution >= 4 is 15.9 Å². The number of nitrogens with zero attached hydrogens (tertiary/aromatic N) is 1. The Balaban J connectivity index is 2.28. The van der Waals surface area contributed by atoms with E-state index >= 15 is 0 Å². The molecule has 1 saturated heterocycles. The summed E-state index contributed by atoms with van der Waals surface area (Å²) in [5.41, 5.74) is 5.65. The van der Waals surface area contributed by atoms with Gasteiger partial charge in [-0.15, -0.1) is 0 Å². The van der Waals surface area contributed by atoms with Crippen LogP contribution in [0.15, 0.2) is 0 Å². The van der Waals surface area contributed by atoms with Crippen molar-refractivity contribution in [1.29, 1.82) is 0 Å². The maximum atomic E-state index is 11.9. The largest absolute Gasteiger partial charge is 0.353 e. The van der Waals surface area contributed by atoms with Gasteiger partial charge in [0.25, 0.3) is 0 Å². The molecule has 0 spiro atoms. The topological polar surface area (TPSA) is 92.5 Å². The molecule has 124 valence electrons. The van der Waals surface area contributed by atoms with Crippen LogP contribution in [0.1, 0.15) is 52.4 Å². The first-order valence-electron chi connectivity index (χ1n) is 7.88. The molecule has 0 radical (unpaired) electrons. The number of piperidine rings is 1. The normalized spacial score (nSPS) is 19.4. The molecule has 0 aromatic heterocycles. The minimum Gasteiger partial charge on any atom is -0.353 e. The van der Waals surface area contributed by atoms with Crippen LogP contribution >= 0.6 is 0 Å². The van der Waals surface area contributed by atoms with Gasteiger partial charge in [0.15, 0.2) is 0 Å². The smallest absolute Gasteiger partial charge is 0.220 e. The second-order valence-corrected chi connectivity index (χ2v) is 8.01. The number of sulfonamides is 1. The second-order valence-electron chi connectivity index (χ2n) is 5.93. The van der Waals surface area contributed by atoms with Crippen LogP contribution < -0.4 is 11.1 Å². The average molecular weight is 319 g/mol. The number of carbonyl (C=O) groups is 1. The fourth-order valence-corrected chi connectivity index (χ4v) is 4.09. The molecule has 0 bridgehead atoms. The standard InChI is InChI=1S/C14H29N3O3S/c1-3-11-21(19,20)17-9-7-13(8-10-17)16-14(18)6-4-5-12(2)15/h12-13H,3-11,15H2,1-2H3,(H,16,18). The molecule has 1 fully saturated rings. The number of amides is 1. The first kappa shape index (κ1) is 18.4. The predicted octanol–water partition coefficient (Wildman–Crippen LogP) is 0.824. The van der Waals surface area contributed by atoms with E-state index in [2.05, 4.69) is 5.32 Å². The number of nitrogens with two attached hydrogens (primary N) is 1. The zero-order valence-electron chi connectivity index (χ0n) is 13.2. The van der Waals surface area contributed by atoms with Crippen molar-refractivity contribution in [3.63, 3.8) is 0 Å². The van der Waals surface area contributed by atoms with Crippen LogP contribution in [0.4, 0.5) is 0 Å². The van der Waals surface area contributed by atoms with E-state index < -0.39 is 10.0 Å². The molecular weight excluding hydrogens is 290 g/mol. The second kappa shape index (κ2) is 8.70. The van der Waals surface area contributed by atoms with Crippen LogP contribution in [0, 0.1) is 0 Å². The van der Waals surface area contributed by atoms with E-state index in [1.54, 1.807) is 4.31 Å². The molecular formula is C14H29N3O3S. The highest BCUT2D eigenvalue weighted by Gasteiger charge is 2.27. The lowest BCUT2D eigenvalue weighted by atomic mass is 10.1. The van der Waals surface area contributed by atoms with Gasteiger partial charge >= 0.3 is 0 Å². The van der Waals surface area contributed by atoms with Crippen LogP contribution in [0.3, 0.4) is 0 Å². The van der Waals surface area contributed by atoms with Gasteiger partial charge in [-0.3, -0.25) is 4.79 Å². The molecule has 3 N–H and O–H groups in total. The Morgan fingerprint density at radius 2 is 2.00 bits per heavy atom. The third-order valence-electron chi connectivity index (χ3n) is 3.74. The zero-order chi connectivity index (χ0) is 15.9. The SMILES string of the molecule is CCCS(=O)(=O)N1CCC(NC(=O)CCCC(C)N)CC1. The summed E-state index contributed by atoms with van der Waals surface area (Å²) in [6, 6.07) is 0.227. The summed E-state index contributed by atoms with van der Waals surface area (Å²) in [6.07, 6.45) is 4.17. The summed E-state index contributed by atoms with van der Waals surface area (Å²) in [5.74, 6) is 0.256. The predicted molar refractivity (Wildman–Crippen MR) is 84.3 cm³/mol. The quantitative estimate of drug-likeness (QED) is 0.693. The number of carbonyl (C=O) groups excluding carboxylic acids is 1. The number of rotatable bonds is 8. The summed E-state index contributed by atoms with van der Waals surface area (Å²) in [5, 5.41) is 3.00. The van der Waals surface area contributed by atoms with Gasteiger partial charge in [-0.2, -0.15) is 0 Å². The Morgan fingerprint density at radius 1 is 1.38 bits per heavy atom. The Bertz CT molecular complexity index is 415. The van der Waals surface area contributed by atoms with Crippen molar-refractivity contribution in [2.24, 2.45) is 5.73 Å². The Labute approximate surface area is 128 Å². The first-order chi connectivity index (χ1) is 9.85. The molecule has 0 aromatic rings. The van der Waals surface area contributed by atoms with Gasteiger partial charge in [0.2, 0.25) is 15.9 Å². The van der Waals surface area contributed by atoms with Gasteiger partial charge in [0.1, 0.15) is 0 Å². The van der Waals surface area contributed by atoms with E-state index in [-0.39, 0.29) is 23.7 Å².